The summed E-state index contributed by atoms with van der Waals surface area (Å²) in [7, 11) is 0. The van der Waals surface area contributed by atoms with Crippen LogP contribution in [0.1, 0.15) is 75.3 Å². The minimum Gasteiger partial charge on any atom is -0.486 e. The molecule has 0 N–H and O–H groups in total. The number of aliphatic imine (C=N–C) groups is 1. The van der Waals surface area contributed by atoms with Gasteiger partial charge in [0.2, 0.25) is 0 Å². The molecule has 0 radical (unpaired) electrons. The van der Waals surface area contributed by atoms with Gasteiger partial charge in [0, 0.05) is 6.04 Å². The fourth-order valence-corrected chi connectivity index (χ4v) is 7.01. The van der Waals surface area contributed by atoms with E-state index in [0.29, 0.717) is 33.3 Å². The number of nitrogens with zero attached hydrogens (tertiary/aromatic N) is 2. The molecular weight excluding hydrogens is 511 g/mol. The number of rotatable bonds is 6. The maximum Gasteiger partial charge on any atom is 0.266 e. The Morgan fingerprint density at radius 3 is 2.25 bits per heavy atom. The highest BCUT2D eigenvalue weighted by molar-refractivity contribution is 8.18. The van der Waals surface area contributed by atoms with Crippen molar-refractivity contribution in [1.29, 1.82) is 0 Å². The van der Waals surface area contributed by atoms with Gasteiger partial charge < -0.3 is 4.74 Å². The van der Waals surface area contributed by atoms with Crippen molar-refractivity contribution >= 4 is 52.1 Å². The molecule has 1 saturated heterocycles. The molecule has 1 heterocycles. The van der Waals surface area contributed by atoms with Gasteiger partial charge in [-0.25, -0.2) is 0 Å². The zero-order chi connectivity index (χ0) is 24.9. The van der Waals surface area contributed by atoms with E-state index < -0.39 is 0 Å². The summed E-state index contributed by atoms with van der Waals surface area (Å²) >= 11 is 14.6. The largest absolute Gasteiger partial charge is 0.486 e. The molecule has 0 aromatic heterocycles. The van der Waals surface area contributed by atoms with Gasteiger partial charge in [-0.05, 0) is 66.8 Å². The Bertz CT molecular complexity index is 1120. The van der Waals surface area contributed by atoms with Gasteiger partial charge in [-0.2, -0.15) is 0 Å². The molecule has 3 fully saturated rings. The van der Waals surface area contributed by atoms with Crippen LogP contribution in [-0.2, 0) is 11.4 Å². The van der Waals surface area contributed by atoms with Crippen molar-refractivity contribution in [3.8, 4) is 5.75 Å². The minimum absolute atomic E-state index is 0.0538. The van der Waals surface area contributed by atoms with Crippen LogP contribution in [0.4, 0.5) is 0 Å². The summed E-state index contributed by atoms with van der Waals surface area (Å²) in [6, 6.07) is 14.1. The van der Waals surface area contributed by atoms with Gasteiger partial charge in [-0.3, -0.25) is 14.7 Å². The predicted molar refractivity (Wildman–Crippen MR) is 151 cm³/mol. The standard InChI is InChI=1S/C29H32Cl2N2O2S/c30-24-16-21(17-25(31)27(24)35-19-20-10-4-1-5-11-20)18-26-28(34)33(23-14-8-3-9-15-23)29(36-26)32-22-12-6-2-7-13-22/h1,4-5,10-11,16-18,22-23H,2-3,6-9,12-15,19H2. The SMILES string of the molecule is O=C1C(=Cc2cc(Cl)c(OCc3ccccc3)c(Cl)c2)SC(=NC2CCCCC2)N1C1CCCCC1. The van der Waals surface area contributed by atoms with Crippen molar-refractivity contribution in [2.45, 2.75) is 82.9 Å². The van der Waals surface area contributed by atoms with Crippen molar-refractivity contribution in [2.75, 3.05) is 0 Å². The molecule has 2 aromatic rings. The Morgan fingerprint density at radius 1 is 0.944 bits per heavy atom. The van der Waals surface area contributed by atoms with Gasteiger partial charge in [-0.1, -0.05) is 92.1 Å². The average molecular weight is 544 g/mol. The summed E-state index contributed by atoms with van der Waals surface area (Å²) in [5, 5.41) is 1.74. The Hall–Kier alpha value is -1.95. The van der Waals surface area contributed by atoms with Gasteiger partial charge >= 0.3 is 0 Å². The number of benzene rings is 2. The molecule has 36 heavy (non-hydrogen) atoms. The molecule has 2 aliphatic carbocycles. The second-order valence-electron chi connectivity index (χ2n) is 9.87. The summed E-state index contributed by atoms with van der Waals surface area (Å²) in [6.45, 7) is 0.381. The first kappa shape index (κ1) is 25.7. The molecular formula is C29H32Cl2N2O2S. The molecule has 0 bridgehead atoms. The highest BCUT2D eigenvalue weighted by atomic mass is 35.5. The Kier molecular flexibility index (Phi) is 8.61. The van der Waals surface area contributed by atoms with E-state index in [4.69, 9.17) is 32.9 Å². The summed E-state index contributed by atoms with van der Waals surface area (Å²) in [4.78, 5) is 21.4. The van der Waals surface area contributed by atoms with Gasteiger partial charge in [0.15, 0.2) is 10.9 Å². The number of thioether (sulfide) groups is 1. The first-order valence-electron chi connectivity index (χ1n) is 13.0. The van der Waals surface area contributed by atoms with E-state index >= 15 is 0 Å². The van der Waals surface area contributed by atoms with Gasteiger partial charge in [0.25, 0.3) is 5.91 Å². The zero-order valence-electron chi connectivity index (χ0n) is 20.4. The molecule has 3 aliphatic rings. The summed E-state index contributed by atoms with van der Waals surface area (Å²) in [5.74, 6) is 0.510. The summed E-state index contributed by atoms with van der Waals surface area (Å²) in [6.07, 6.45) is 13.6. The number of carbonyl (C=O) groups excluding carboxylic acids is 1. The number of carbonyl (C=O) groups is 1. The van der Waals surface area contributed by atoms with Crippen LogP contribution in [0.5, 0.6) is 5.75 Å². The van der Waals surface area contributed by atoms with Gasteiger partial charge in [-0.15, -0.1) is 0 Å². The highest BCUT2D eigenvalue weighted by Crippen LogP contribution is 2.40. The van der Waals surface area contributed by atoms with Crippen LogP contribution in [-0.4, -0.2) is 28.1 Å². The minimum atomic E-state index is 0.0538. The second-order valence-corrected chi connectivity index (χ2v) is 11.7. The molecule has 0 unspecified atom stereocenters. The van der Waals surface area contributed by atoms with E-state index in [2.05, 4.69) is 0 Å². The quantitative estimate of drug-likeness (QED) is 0.343. The maximum absolute atomic E-state index is 13.6. The molecule has 190 valence electrons. The zero-order valence-corrected chi connectivity index (χ0v) is 22.8. The normalized spacial score (nSPS) is 22.1. The Morgan fingerprint density at radius 2 is 1.58 bits per heavy atom. The molecule has 0 atom stereocenters. The Labute approximate surface area is 228 Å². The van der Waals surface area contributed by atoms with Crippen LogP contribution >= 0.6 is 35.0 Å². The predicted octanol–water partition coefficient (Wildman–Crippen LogP) is 8.51. The van der Waals surface area contributed by atoms with Crippen LogP contribution in [0.15, 0.2) is 52.4 Å². The molecule has 2 saturated carbocycles. The molecule has 1 amide bonds. The van der Waals surface area contributed by atoms with E-state index in [-0.39, 0.29) is 11.9 Å². The van der Waals surface area contributed by atoms with Gasteiger partial charge in [0.05, 0.1) is 21.0 Å². The van der Waals surface area contributed by atoms with Crippen LogP contribution < -0.4 is 4.74 Å². The smallest absolute Gasteiger partial charge is 0.266 e. The average Bonchev–Trinajstić information content (AvgIpc) is 3.19. The van der Waals surface area contributed by atoms with Crippen LogP contribution in [0.25, 0.3) is 6.08 Å². The molecule has 7 heteroatoms. The molecule has 1 aliphatic heterocycles. The van der Waals surface area contributed by atoms with Crippen molar-refractivity contribution in [3.05, 3.63) is 68.5 Å². The molecule has 2 aromatic carbocycles. The topological polar surface area (TPSA) is 41.9 Å². The van der Waals surface area contributed by atoms with Crippen LogP contribution in [0, 0.1) is 0 Å². The van der Waals surface area contributed by atoms with Crippen LogP contribution in [0.3, 0.4) is 0 Å². The van der Waals surface area contributed by atoms with Crippen molar-refractivity contribution in [3.63, 3.8) is 0 Å². The van der Waals surface area contributed by atoms with Crippen molar-refractivity contribution in [2.24, 2.45) is 4.99 Å². The van der Waals surface area contributed by atoms with Crippen molar-refractivity contribution in [1.82, 2.24) is 4.90 Å². The monoisotopic (exact) mass is 542 g/mol. The number of hydrogen-bond donors (Lipinski definition) is 0. The maximum atomic E-state index is 13.6. The first-order chi connectivity index (χ1) is 17.6. The number of amides is 1. The Balaban J connectivity index is 1.38. The number of amidine groups is 1. The molecule has 5 rings (SSSR count). The van der Waals surface area contributed by atoms with E-state index in [0.717, 1.165) is 42.0 Å². The third kappa shape index (κ3) is 6.12. The van der Waals surface area contributed by atoms with Gasteiger partial charge in [0.1, 0.15) is 6.61 Å². The third-order valence-corrected chi connectivity index (χ3v) is 8.75. The van der Waals surface area contributed by atoms with E-state index in [9.17, 15) is 4.79 Å². The fraction of sp³-hybridized carbons (Fsp3) is 0.448. The third-order valence-electron chi connectivity index (χ3n) is 7.19. The number of hydrogen-bond acceptors (Lipinski definition) is 4. The summed E-state index contributed by atoms with van der Waals surface area (Å²) < 4.78 is 5.91. The lowest BCUT2D eigenvalue weighted by Gasteiger charge is -2.31. The second kappa shape index (κ2) is 12.1. The van der Waals surface area contributed by atoms with Crippen LogP contribution in [0.2, 0.25) is 10.0 Å². The number of halogens is 2. The van der Waals surface area contributed by atoms with Crippen molar-refractivity contribution < 1.29 is 9.53 Å². The lowest BCUT2D eigenvalue weighted by atomic mass is 9.94. The highest BCUT2D eigenvalue weighted by Gasteiger charge is 2.39. The van der Waals surface area contributed by atoms with E-state index in [1.807, 2.05) is 53.4 Å². The first-order valence-corrected chi connectivity index (χ1v) is 14.6. The van der Waals surface area contributed by atoms with E-state index in [1.54, 1.807) is 0 Å². The summed E-state index contributed by atoms with van der Waals surface area (Å²) in [5.41, 5.74) is 1.83. The fourth-order valence-electron chi connectivity index (χ4n) is 5.29. The lowest BCUT2D eigenvalue weighted by Crippen LogP contribution is -2.41. The lowest BCUT2D eigenvalue weighted by molar-refractivity contribution is -0.124. The molecule has 4 nitrogen and oxygen atoms in total. The molecule has 0 spiro atoms. The number of ether oxygens (including phenoxy) is 1. The van der Waals surface area contributed by atoms with E-state index in [1.165, 1.54) is 50.3 Å².